The first-order valence-corrected chi connectivity index (χ1v) is 12.6. The Morgan fingerprint density at radius 3 is 2.21 bits per heavy atom. The second kappa shape index (κ2) is 10.6. The van der Waals surface area contributed by atoms with E-state index < -0.39 is 10.0 Å². The van der Waals surface area contributed by atoms with Crippen molar-refractivity contribution < 1.29 is 13.5 Å². The van der Waals surface area contributed by atoms with Crippen LogP contribution in [0.25, 0.3) is 22.4 Å². The van der Waals surface area contributed by atoms with Crippen LogP contribution in [0.5, 0.6) is 0 Å². The normalized spacial score (nSPS) is 12.7. The van der Waals surface area contributed by atoms with Crippen LogP contribution >= 0.6 is 0 Å². The van der Waals surface area contributed by atoms with Crippen molar-refractivity contribution in [3.8, 4) is 6.07 Å². The van der Waals surface area contributed by atoms with Crippen molar-refractivity contribution in [1.29, 1.82) is 5.26 Å². The van der Waals surface area contributed by atoms with E-state index in [1.165, 1.54) is 28.6 Å². The van der Waals surface area contributed by atoms with Gasteiger partial charge in [0.25, 0.3) is 0 Å². The lowest BCUT2D eigenvalue weighted by molar-refractivity contribution is 0.395. The average Bonchev–Trinajstić information content (AvgIpc) is 3.16. The van der Waals surface area contributed by atoms with Gasteiger partial charge in [-0.15, -0.1) is 0 Å². The highest BCUT2D eigenvalue weighted by Gasteiger charge is 2.24. The Balaban J connectivity index is 1.96. The van der Waals surface area contributed by atoms with Gasteiger partial charge in [0.2, 0.25) is 10.0 Å². The molecule has 0 saturated carbocycles. The predicted octanol–water partition coefficient (Wildman–Crippen LogP) is 5.11. The Hall–Kier alpha value is -3.15. The molecule has 1 N–H and O–H groups in total. The van der Waals surface area contributed by atoms with Gasteiger partial charge in [0.15, 0.2) is 5.82 Å². The zero-order chi connectivity index (χ0) is 24.0. The number of hydrogen-bond donors (Lipinski definition) is 1. The summed E-state index contributed by atoms with van der Waals surface area (Å²) in [7, 11) is -1.85. The van der Waals surface area contributed by atoms with Crippen LogP contribution in [0.15, 0.2) is 53.4 Å². The lowest BCUT2D eigenvalue weighted by atomic mass is 10.1. The van der Waals surface area contributed by atoms with Gasteiger partial charge in [0.1, 0.15) is 17.4 Å². The summed E-state index contributed by atoms with van der Waals surface area (Å²) in [5.41, 5.74) is 1.94. The molecule has 8 heteroatoms. The Kier molecular flexibility index (Phi) is 7.90. The zero-order valence-electron chi connectivity index (χ0n) is 19.3. The average molecular weight is 467 g/mol. The number of rotatable bonds is 10. The van der Waals surface area contributed by atoms with E-state index in [0.29, 0.717) is 24.5 Å². The second-order valence-corrected chi connectivity index (χ2v) is 9.89. The number of hydrogen-bond acceptors (Lipinski definition) is 5. The first kappa shape index (κ1) is 24.5. The standard InChI is InChI=1S/C25H30N4O3S/c1-4-6-16-29(17-7-5-2)33(31,32)20-14-12-19(13-15-20)24(30)21(18-26)25-27-22-10-8-9-11-23(22)28(25)3/h8-15,30H,4-7,16-17H2,1-3H3/b24-21-. The minimum atomic E-state index is -3.64. The molecule has 0 atom stereocenters. The monoisotopic (exact) mass is 466 g/mol. The van der Waals surface area contributed by atoms with Gasteiger partial charge in [0.05, 0.1) is 15.9 Å². The Labute approximate surface area is 195 Å². The van der Waals surface area contributed by atoms with Crippen LogP contribution in [0, 0.1) is 11.3 Å². The van der Waals surface area contributed by atoms with Crippen molar-refractivity contribution in [1.82, 2.24) is 13.9 Å². The second-order valence-electron chi connectivity index (χ2n) is 7.95. The number of sulfonamides is 1. The summed E-state index contributed by atoms with van der Waals surface area (Å²) < 4.78 is 29.6. The minimum absolute atomic E-state index is 0.0248. The molecule has 0 unspecified atom stereocenters. The van der Waals surface area contributed by atoms with Crippen LogP contribution < -0.4 is 0 Å². The topological polar surface area (TPSA) is 99.2 Å². The summed E-state index contributed by atoms with van der Waals surface area (Å²) in [6, 6.07) is 15.5. The summed E-state index contributed by atoms with van der Waals surface area (Å²) >= 11 is 0. The van der Waals surface area contributed by atoms with Gasteiger partial charge in [0, 0.05) is 25.7 Å². The number of imidazole rings is 1. The third-order valence-corrected chi connectivity index (χ3v) is 7.56. The number of aliphatic hydroxyl groups is 1. The highest BCUT2D eigenvalue weighted by atomic mass is 32.2. The van der Waals surface area contributed by atoms with Gasteiger partial charge in [-0.25, -0.2) is 13.4 Å². The van der Waals surface area contributed by atoms with Gasteiger partial charge in [-0.3, -0.25) is 0 Å². The number of para-hydroxylation sites is 2. The molecule has 1 aromatic heterocycles. The first-order chi connectivity index (χ1) is 15.8. The predicted molar refractivity (Wildman–Crippen MR) is 131 cm³/mol. The Morgan fingerprint density at radius 2 is 1.67 bits per heavy atom. The molecular weight excluding hydrogens is 436 g/mol. The maximum absolute atomic E-state index is 13.2. The van der Waals surface area contributed by atoms with Crippen molar-refractivity contribution in [3.63, 3.8) is 0 Å². The fourth-order valence-corrected chi connectivity index (χ4v) is 5.19. The van der Waals surface area contributed by atoms with Crippen molar-refractivity contribution in [2.45, 2.75) is 44.4 Å². The van der Waals surface area contributed by atoms with Crippen molar-refractivity contribution in [2.24, 2.45) is 7.05 Å². The van der Waals surface area contributed by atoms with Crippen LogP contribution in [0.2, 0.25) is 0 Å². The van der Waals surface area contributed by atoms with Gasteiger partial charge in [-0.2, -0.15) is 9.57 Å². The van der Waals surface area contributed by atoms with Gasteiger partial charge in [-0.1, -0.05) is 38.8 Å². The number of aromatic nitrogens is 2. The maximum Gasteiger partial charge on any atom is 0.243 e. The van der Waals surface area contributed by atoms with Crippen LogP contribution in [-0.4, -0.2) is 40.5 Å². The van der Waals surface area contributed by atoms with E-state index in [0.717, 1.165) is 36.7 Å². The number of fused-ring (bicyclic) bond motifs is 1. The fraction of sp³-hybridized carbons (Fsp3) is 0.360. The Bertz CT molecular complexity index is 1280. The highest BCUT2D eigenvalue weighted by molar-refractivity contribution is 7.89. The van der Waals surface area contributed by atoms with Crippen LogP contribution in [0.3, 0.4) is 0 Å². The quantitative estimate of drug-likeness (QED) is 0.330. The summed E-state index contributed by atoms with van der Waals surface area (Å²) in [6.07, 6.45) is 3.42. The van der Waals surface area contributed by atoms with Crippen molar-refractivity contribution in [2.75, 3.05) is 13.1 Å². The molecule has 0 saturated heterocycles. The van der Waals surface area contributed by atoms with E-state index in [2.05, 4.69) is 4.98 Å². The summed E-state index contributed by atoms with van der Waals surface area (Å²) in [5.74, 6) is 0.104. The number of benzene rings is 2. The number of nitrogens with zero attached hydrogens (tertiary/aromatic N) is 4. The van der Waals surface area contributed by atoms with Crippen LogP contribution in [-0.2, 0) is 17.1 Å². The van der Waals surface area contributed by atoms with Crippen molar-refractivity contribution in [3.05, 3.63) is 59.9 Å². The third-order valence-electron chi connectivity index (χ3n) is 5.65. The van der Waals surface area contributed by atoms with Gasteiger partial charge >= 0.3 is 0 Å². The molecule has 3 aromatic rings. The molecular formula is C25H30N4O3S. The molecule has 174 valence electrons. The summed E-state index contributed by atoms with van der Waals surface area (Å²) in [4.78, 5) is 4.66. The summed E-state index contributed by atoms with van der Waals surface area (Å²) in [6.45, 7) is 5.03. The molecule has 0 radical (unpaired) electrons. The number of nitriles is 1. The van der Waals surface area contributed by atoms with Crippen LogP contribution in [0.1, 0.15) is 50.9 Å². The molecule has 33 heavy (non-hydrogen) atoms. The number of unbranched alkanes of at least 4 members (excludes halogenated alkanes) is 2. The molecule has 0 aliphatic carbocycles. The molecule has 0 aliphatic heterocycles. The SMILES string of the molecule is CCCCN(CCCC)S(=O)(=O)c1ccc(/C(O)=C(\C#N)c2nc3ccccc3n2C)cc1. The molecule has 0 bridgehead atoms. The molecule has 7 nitrogen and oxygen atoms in total. The molecule has 0 fully saturated rings. The summed E-state index contributed by atoms with van der Waals surface area (Å²) in [5, 5.41) is 20.6. The lowest BCUT2D eigenvalue weighted by Crippen LogP contribution is -2.33. The van der Waals surface area contributed by atoms with Crippen LogP contribution in [0.4, 0.5) is 0 Å². The molecule has 1 heterocycles. The molecule has 0 amide bonds. The molecule has 0 aliphatic rings. The van der Waals surface area contributed by atoms with E-state index in [1.807, 2.05) is 44.2 Å². The molecule has 3 rings (SSSR count). The third kappa shape index (κ3) is 5.10. The van der Waals surface area contributed by atoms with Crippen molar-refractivity contribution >= 4 is 32.4 Å². The fourth-order valence-electron chi connectivity index (χ4n) is 3.68. The maximum atomic E-state index is 13.2. The lowest BCUT2D eigenvalue weighted by Gasteiger charge is -2.22. The zero-order valence-corrected chi connectivity index (χ0v) is 20.1. The van der Waals surface area contributed by atoms with E-state index in [4.69, 9.17) is 0 Å². The Morgan fingerprint density at radius 1 is 1.06 bits per heavy atom. The van der Waals surface area contributed by atoms with E-state index in [9.17, 15) is 18.8 Å². The van der Waals surface area contributed by atoms with E-state index >= 15 is 0 Å². The first-order valence-electron chi connectivity index (χ1n) is 11.2. The molecule has 2 aromatic carbocycles. The number of aryl methyl sites for hydroxylation is 1. The largest absolute Gasteiger partial charge is 0.506 e. The van der Waals surface area contributed by atoms with E-state index in [-0.39, 0.29) is 16.2 Å². The molecule has 0 spiro atoms. The highest BCUT2D eigenvalue weighted by Crippen LogP contribution is 2.27. The number of aliphatic hydroxyl groups excluding tert-OH is 1. The van der Waals surface area contributed by atoms with Gasteiger partial charge in [-0.05, 0) is 49.2 Å². The smallest absolute Gasteiger partial charge is 0.243 e. The van der Waals surface area contributed by atoms with Gasteiger partial charge < -0.3 is 9.67 Å². The minimum Gasteiger partial charge on any atom is -0.506 e. The van der Waals surface area contributed by atoms with E-state index in [1.54, 1.807) is 11.6 Å². The number of allylic oxidation sites excluding steroid dienone is 1.